The first-order chi connectivity index (χ1) is 9.04. The Kier molecular flexibility index (Phi) is 3.98. The zero-order valence-electron chi connectivity index (χ0n) is 9.97. The van der Waals surface area contributed by atoms with Crippen LogP contribution in [0.3, 0.4) is 0 Å². The Morgan fingerprint density at radius 3 is 2.68 bits per heavy atom. The lowest BCUT2D eigenvalue weighted by atomic mass is 10.2. The molecule has 19 heavy (non-hydrogen) atoms. The van der Waals surface area contributed by atoms with E-state index in [0.29, 0.717) is 5.76 Å². The van der Waals surface area contributed by atoms with E-state index >= 15 is 0 Å². The smallest absolute Gasteiger partial charge is 0.241 e. The van der Waals surface area contributed by atoms with Crippen molar-refractivity contribution in [1.29, 1.82) is 0 Å². The first-order valence-corrected chi connectivity index (χ1v) is 7.02. The largest absolute Gasteiger partial charge is 0.468 e. The zero-order valence-corrected chi connectivity index (χ0v) is 10.8. The second-order valence-electron chi connectivity index (χ2n) is 3.82. The van der Waals surface area contributed by atoms with Crippen LogP contribution < -0.4 is 10.5 Å². The number of nitrogens with two attached hydrogens (primary N) is 1. The van der Waals surface area contributed by atoms with E-state index in [4.69, 9.17) is 10.2 Å². The summed E-state index contributed by atoms with van der Waals surface area (Å²) in [7, 11) is -3.83. The number of hydrogen-bond acceptors (Lipinski definition) is 4. The van der Waals surface area contributed by atoms with Gasteiger partial charge in [0, 0.05) is 12.1 Å². The van der Waals surface area contributed by atoms with Crippen molar-refractivity contribution in [2.24, 2.45) is 5.73 Å². The minimum atomic E-state index is -3.83. The maximum atomic E-state index is 13.5. The minimum Gasteiger partial charge on any atom is -0.468 e. The summed E-state index contributed by atoms with van der Waals surface area (Å²) in [6.07, 6.45) is 1.44. The summed E-state index contributed by atoms with van der Waals surface area (Å²) in [5.41, 5.74) is 5.36. The van der Waals surface area contributed by atoms with Gasteiger partial charge in [-0.2, -0.15) is 0 Å². The van der Waals surface area contributed by atoms with E-state index in [0.717, 1.165) is 0 Å². The Labute approximate surface area is 110 Å². The molecule has 2 rings (SSSR count). The van der Waals surface area contributed by atoms with Crippen LogP contribution in [0.15, 0.2) is 45.9 Å². The molecule has 0 radical (unpaired) electrons. The predicted molar refractivity (Wildman–Crippen MR) is 67.0 cm³/mol. The fraction of sp³-hybridized carbons (Fsp3) is 0.167. The average Bonchev–Trinajstić information content (AvgIpc) is 2.89. The van der Waals surface area contributed by atoms with Crippen molar-refractivity contribution in [3.8, 4) is 0 Å². The lowest BCUT2D eigenvalue weighted by molar-refractivity contribution is 0.498. The lowest BCUT2D eigenvalue weighted by Crippen LogP contribution is -2.25. The summed E-state index contributed by atoms with van der Waals surface area (Å²) >= 11 is 0. The van der Waals surface area contributed by atoms with Crippen LogP contribution in [0.2, 0.25) is 0 Å². The monoisotopic (exact) mass is 284 g/mol. The number of rotatable bonds is 5. The summed E-state index contributed by atoms with van der Waals surface area (Å²) < 4.78 is 45.0. The van der Waals surface area contributed by atoms with Gasteiger partial charge in [0.05, 0.1) is 17.7 Å². The molecule has 1 aromatic heterocycles. The van der Waals surface area contributed by atoms with Crippen LogP contribution in [-0.2, 0) is 23.1 Å². The third-order valence-corrected chi connectivity index (χ3v) is 4.07. The van der Waals surface area contributed by atoms with Gasteiger partial charge in [-0.05, 0) is 24.3 Å². The molecule has 0 amide bonds. The zero-order chi connectivity index (χ0) is 13.9. The van der Waals surface area contributed by atoms with Crippen molar-refractivity contribution < 1.29 is 17.2 Å². The standard InChI is InChI=1S/C12H13FN2O3S/c13-11-4-1-5-12(10(11)7-14)19(16,17)15-8-9-3-2-6-18-9/h1-6,15H,7-8,14H2. The van der Waals surface area contributed by atoms with Crippen LogP contribution >= 0.6 is 0 Å². The van der Waals surface area contributed by atoms with E-state index < -0.39 is 15.8 Å². The highest BCUT2D eigenvalue weighted by molar-refractivity contribution is 7.89. The molecule has 1 aromatic carbocycles. The van der Waals surface area contributed by atoms with E-state index in [-0.39, 0.29) is 23.5 Å². The number of sulfonamides is 1. The quantitative estimate of drug-likeness (QED) is 0.868. The molecule has 0 aliphatic rings. The molecule has 102 valence electrons. The number of hydrogen-bond donors (Lipinski definition) is 2. The molecular formula is C12H13FN2O3S. The van der Waals surface area contributed by atoms with Crippen molar-refractivity contribution >= 4 is 10.0 Å². The summed E-state index contributed by atoms with van der Waals surface area (Å²) in [5, 5.41) is 0. The van der Waals surface area contributed by atoms with Gasteiger partial charge < -0.3 is 10.2 Å². The minimum absolute atomic E-state index is 0.00411. The highest BCUT2D eigenvalue weighted by Gasteiger charge is 2.20. The van der Waals surface area contributed by atoms with Crippen LogP contribution in [0.5, 0.6) is 0 Å². The maximum absolute atomic E-state index is 13.5. The highest BCUT2D eigenvalue weighted by atomic mass is 32.2. The van der Waals surface area contributed by atoms with Crippen molar-refractivity contribution in [3.05, 3.63) is 53.7 Å². The molecule has 7 heteroatoms. The third kappa shape index (κ3) is 3.01. The van der Waals surface area contributed by atoms with Crippen LogP contribution in [-0.4, -0.2) is 8.42 Å². The lowest BCUT2D eigenvalue weighted by Gasteiger charge is -2.10. The fourth-order valence-electron chi connectivity index (χ4n) is 1.65. The van der Waals surface area contributed by atoms with E-state index in [1.165, 1.54) is 24.5 Å². The first kappa shape index (κ1) is 13.7. The number of halogens is 1. The van der Waals surface area contributed by atoms with E-state index in [1.807, 2.05) is 0 Å². The van der Waals surface area contributed by atoms with Crippen LogP contribution in [0, 0.1) is 5.82 Å². The van der Waals surface area contributed by atoms with E-state index in [1.54, 1.807) is 12.1 Å². The van der Waals surface area contributed by atoms with Crippen molar-refractivity contribution in [2.75, 3.05) is 0 Å². The van der Waals surface area contributed by atoms with Crippen molar-refractivity contribution in [3.63, 3.8) is 0 Å². The predicted octanol–water partition coefficient (Wildman–Crippen LogP) is 1.36. The summed E-state index contributed by atoms with van der Waals surface area (Å²) in [5.74, 6) is -0.169. The van der Waals surface area contributed by atoms with Gasteiger partial charge in [0.1, 0.15) is 11.6 Å². The molecule has 0 aliphatic carbocycles. The van der Waals surface area contributed by atoms with Crippen LogP contribution in [0.25, 0.3) is 0 Å². The molecule has 3 N–H and O–H groups in total. The van der Waals surface area contributed by atoms with Crippen LogP contribution in [0.1, 0.15) is 11.3 Å². The Hall–Kier alpha value is -1.70. The Balaban J connectivity index is 2.27. The molecule has 0 unspecified atom stereocenters. The summed E-state index contributed by atoms with van der Waals surface area (Å²) in [6.45, 7) is -0.195. The van der Waals surface area contributed by atoms with Gasteiger partial charge in [-0.1, -0.05) is 6.07 Å². The Bertz CT molecular complexity index is 654. The van der Waals surface area contributed by atoms with E-state index in [9.17, 15) is 12.8 Å². The fourth-order valence-corrected chi connectivity index (χ4v) is 2.90. The molecule has 0 spiro atoms. The van der Waals surface area contributed by atoms with Gasteiger partial charge in [0.25, 0.3) is 0 Å². The molecule has 2 aromatic rings. The Morgan fingerprint density at radius 1 is 1.26 bits per heavy atom. The van der Waals surface area contributed by atoms with Crippen molar-refractivity contribution in [1.82, 2.24) is 4.72 Å². The molecule has 0 bridgehead atoms. The topological polar surface area (TPSA) is 85.3 Å². The van der Waals surface area contributed by atoms with Gasteiger partial charge in [0.2, 0.25) is 10.0 Å². The van der Waals surface area contributed by atoms with Gasteiger partial charge in [0.15, 0.2) is 0 Å². The molecule has 5 nitrogen and oxygen atoms in total. The Morgan fingerprint density at radius 2 is 2.05 bits per heavy atom. The van der Waals surface area contributed by atoms with Gasteiger partial charge >= 0.3 is 0 Å². The first-order valence-electron chi connectivity index (χ1n) is 5.54. The number of benzene rings is 1. The molecule has 0 aliphatic heterocycles. The van der Waals surface area contributed by atoms with Crippen LogP contribution in [0.4, 0.5) is 4.39 Å². The molecule has 0 atom stereocenters. The number of furan rings is 1. The summed E-state index contributed by atoms with van der Waals surface area (Å²) in [4.78, 5) is -0.151. The molecular weight excluding hydrogens is 271 g/mol. The van der Waals surface area contributed by atoms with Crippen molar-refractivity contribution in [2.45, 2.75) is 18.0 Å². The van der Waals surface area contributed by atoms with Gasteiger partial charge in [-0.25, -0.2) is 17.5 Å². The van der Waals surface area contributed by atoms with E-state index in [2.05, 4.69) is 4.72 Å². The maximum Gasteiger partial charge on any atom is 0.241 e. The highest BCUT2D eigenvalue weighted by Crippen LogP contribution is 2.18. The molecule has 0 fully saturated rings. The van der Waals surface area contributed by atoms with Gasteiger partial charge in [-0.3, -0.25) is 0 Å². The normalized spacial score (nSPS) is 11.7. The SMILES string of the molecule is NCc1c(F)cccc1S(=O)(=O)NCc1ccco1. The second-order valence-corrected chi connectivity index (χ2v) is 5.56. The second kappa shape index (κ2) is 5.52. The average molecular weight is 284 g/mol. The van der Waals surface area contributed by atoms with Gasteiger partial charge in [-0.15, -0.1) is 0 Å². The molecule has 1 heterocycles. The number of nitrogens with one attached hydrogen (secondary N) is 1. The molecule has 0 saturated heterocycles. The molecule has 0 saturated carbocycles. The summed E-state index contributed by atoms with van der Waals surface area (Å²) in [6, 6.07) is 7.11. The third-order valence-electron chi connectivity index (χ3n) is 2.59.